The average molecular weight is 646 g/mol. The van der Waals surface area contributed by atoms with Gasteiger partial charge in [0.05, 0.1) is 34.4 Å². The zero-order chi connectivity index (χ0) is 32.9. The van der Waals surface area contributed by atoms with Crippen molar-refractivity contribution in [3.8, 4) is 17.6 Å². The van der Waals surface area contributed by atoms with Gasteiger partial charge in [-0.05, 0) is 49.7 Å². The zero-order valence-corrected chi connectivity index (χ0v) is 25.0. The molecule has 3 aromatic rings. The van der Waals surface area contributed by atoms with E-state index in [1.807, 2.05) is 25.8 Å². The van der Waals surface area contributed by atoms with Gasteiger partial charge in [-0.1, -0.05) is 25.8 Å². The Morgan fingerprint density at radius 3 is 2.43 bits per heavy atom. The van der Waals surface area contributed by atoms with E-state index in [2.05, 4.69) is 27.2 Å². The Hall–Kier alpha value is -3.59. The lowest BCUT2D eigenvalue weighted by Gasteiger charge is -2.33. The monoisotopic (exact) mass is 645 g/mol. The molecule has 44 heavy (non-hydrogen) atoms. The number of fused-ring (bicyclic) bond motifs is 1. The molecule has 242 valence electrons. The van der Waals surface area contributed by atoms with E-state index < -0.39 is 51.8 Å². The van der Waals surface area contributed by atoms with Gasteiger partial charge in [0.25, 0.3) is 0 Å². The summed E-state index contributed by atoms with van der Waals surface area (Å²) in [6, 6.07) is 8.78. The number of primary sulfonamides is 1. The molecule has 2 atom stereocenters. The van der Waals surface area contributed by atoms with Gasteiger partial charge >= 0.3 is 12.3 Å². The SMILES string of the molecule is CC.CN1CCC(Nc2cccc3c2cc(C#CCNc2ccc(S(N)(=O)=O)cc2OC(O)(O)O)n3CC(F)(F)F)C(F)C1. The van der Waals surface area contributed by atoms with E-state index in [0.29, 0.717) is 24.0 Å². The summed E-state index contributed by atoms with van der Waals surface area (Å²) in [5.41, 5.74) is 0.709. The normalized spacial score (nSPS) is 17.7. The molecule has 2 unspecified atom stereocenters. The maximum absolute atomic E-state index is 14.7. The van der Waals surface area contributed by atoms with Crippen LogP contribution >= 0.6 is 0 Å². The number of nitrogens with two attached hydrogens (primary N) is 1. The number of sulfonamides is 1. The summed E-state index contributed by atoms with van der Waals surface area (Å²) in [4.78, 5) is 1.40. The molecule has 0 bridgehead atoms. The van der Waals surface area contributed by atoms with E-state index in [0.717, 1.165) is 22.8 Å². The van der Waals surface area contributed by atoms with Gasteiger partial charge in [0.1, 0.15) is 12.7 Å². The highest BCUT2D eigenvalue weighted by atomic mass is 32.2. The maximum atomic E-state index is 14.7. The maximum Gasteiger partial charge on any atom is 0.453 e. The van der Waals surface area contributed by atoms with Gasteiger partial charge < -0.3 is 40.2 Å². The van der Waals surface area contributed by atoms with Gasteiger partial charge in [-0.25, -0.2) is 17.9 Å². The Balaban J connectivity index is 0.00000259. The van der Waals surface area contributed by atoms with Crippen molar-refractivity contribution in [1.29, 1.82) is 0 Å². The van der Waals surface area contributed by atoms with E-state index in [-0.39, 0.29) is 30.0 Å². The van der Waals surface area contributed by atoms with Crippen molar-refractivity contribution in [2.24, 2.45) is 5.14 Å². The molecule has 2 heterocycles. The Labute approximate surface area is 252 Å². The number of piperidine rings is 1. The van der Waals surface area contributed by atoms with E-state index in [4.69, 9.17) is 5.14 Å². The highest BCUT2D eigenvalue weighted by Crippen LogP contribution is 2.32. The number of likely N-dealkylation sites (tertiary alicyclic amines) is 1. The van der Waals surface area contributed by atoms with Crippen molar-refractivity contribution in [1.82, 2.24) is 9.47 Å². The standard InChI is InChI=1S/C26H29F4N5O6S.C2H6/c1-34-11-9-21(19(27)14-34)33-20-5-2-6-23-18(20)12-16(35(23)15-25(28,29)30)4-3-10-32-22-8-7-17(42(31,39)40)13-24(22)41-26(36,37)38;1-2/h2,5-8,12-13,19,21,32-33,36-38H,9-11,14-15H2,1H3,(H2,31,39,40);1-2H3. The molecular weight excluding hydrogens is 610 g/mol. The summed E-state index contributed by atoms with van der Waals surface area (Å²) in [7, 11) is -2.40. The Morgan fingerprint density at radius 1 is 1.11 bits per heavy atom. The molecule has 0 aliphatic carbocycles. The summed E-state index contributed by atoms with van der Waals surface area (Å²) in [5, 5.41) is 38.9. The van der Waals surface area contributed by atoms with Crippen LogP contribution in [-0.2, 0) is 16.6 Å². The lowest BCUT2D eigenvalue weighted by atomic mass is 10.0. The van der Waals surface area contributed by atoms with Crippen LogP contribution in [0.1, 0.15) is 26.0 Å². The molecule has 1 aromatic heterocycles. The summed E-state index contributed by atoms with van der Waals surface area (Å²) in [5.74, 6) is 4.83. The highest BCUT2D eigenvalue weighted by Gasteiger charge is 2.31. The van der Waals surface area contributed by atoms with Crippen LogP contribution in [0.15, 0.2) is 47.4 Å². The van der Waals surface area contributed by atoms with Crippen LogP contribution in [0.5, 0.6) is 5.75 Å². The topological polar surface area (TPSA) is 162 Å². The van der Waals surface area contributed by atoms with Crippen LogP contribution in [-0.4, -0.2) is 84.4 Å². The summed E-state index contributed by atoms with van der Waals surface area (Å²) >= 11 is 0. The number of aliphatic hydroxyl groups is 3. The fourth-order valence-corrected chi connectivity index (χ4v) is 5.14. The summed E-state index contributed by atoms with van der Waals surface area (Å²) < 4.78 is 84.0. The van der Waals surface area contributed by atoms with Crippen molar-refractivity contribution in [3.63, 3.8) is 0 Å². The van der Waals surface area contributed by atoms with Gasteiger partial charge in [-0.3, -0.25) is 0 Å². The van der Waals surface area contributed by atoms with Crippen LogP contribution in [0.2, 0.25) is 0 Å². The number of rotatable bonds is 8. The molecule has 1 aliphatic heterocycles. The molecule has 2 aromatic carbocycles. The van der Waals surface area contributed by atoms with E-state index >= 15 is 0 Å². The molecule has 1 saturated heterocycles. The third kappa shape index (κ3) is 9.45. The first-order valence-electron chi connectivity index (χ1n) is 13.5. The number of anilines is 2. The molecule has 1 aliphatic rings. The zero-order valence-electron chi connectivity index (χ0n) is 24.2. The number of hydrogen-bond donors (Lipinski definition) is 6. The molecule has 11 nitrogen and oxygen atoms in total. The first-order valence-corrected chi connectivity index (χ1v) is 15.1. The van der Waals surface area contributed by atoms with Gasteiger partial charge in [0, 0.05) is 30.2 Å². The molecule has 0 radical (unpaired) electrons. The minimum Gasteiger partial charge on any atom is -0.415 e. The molecule has 4 rings (SSSR count). The molecule has 0 spiro atoms. The van der Waals surface area contributed by atoms with Crippen molar-refractivity contribution in [3.05, 3.63) is 48.2 Å². The van der Waals surface area contributed by atoms with E-state index in [1.165, 1.54) is 12.1 Å². The number of benzene rings is 2. The minimum atomic E-state index is -4.56. The smallest absolute Gasteiger partial charge is 0.415 e. The van der Waals surface area contributed by atoms with Gasteiger partial charge in [-0.15, -0.1) is 0 Å². The first kappa shape index (κ1) is 34.9. The molecular formula is C28H35F4N5O6S. The van der Waals surface area contributed by atoms with E-state index in [9.17, 15) is 41.3 Å². The fraction of sp³-hybridized carbons (Fsp3) is 0.429. The number of ether oxygens (including phenoxy) is 1. The van der Waals surface area contributed by atoms with Gasteiger partial charge in [0.15, 0.2) is 5.75 Å². The number of hydrogen-bond acceptors (Lipinski definition) is 9. The van der Waals surface area contributed by atoms with Gasteiger partial charge in [0.2, 0.25) is 10.0 Å². The second-order valence-electron chi connectivity index (χ2n) is 9.82. The molecule has 0 saturated carbocycles. The summed E-state index contributed by atoms with van der Waals surface area (Å²) in [6.45, 7) is 3.36. The van der Waals surface area contributed by atoms with Crippen LogP contribution < -0.4 is 20.5 Å². The molecule has 1 fully saturated rings. The lowest BCUT2D eigenvalue weighted by Crippen LogP contribution is -2.46. The van der Waals surface area contributed by atoms with Crippen molar-refractivity contribution < 1.29 is 46.0 Å². The number of alkyl halides is 4. The average Bonchev–Trinajstić information content (AvgIpc) is 3.25. The Morgan fingerprint density at radius 2 is 1.82 bits per heavy atom. The van der Waals surface area contributed by atoms with Gasteiger partial charge in [-0.2, -0.15) is 13.2 Å². The number of nitrogens with one attached hydrogen (secondary N) is 2. The largest absolute Gasteiger partial charge is 0.453 e. The van der Waals surface area contributed by atoms with Crippen molar-refractivity contribution in [2.75, 3.05) is 37.3 Å². The highest BCUT2D eigenvalue weighted by molar-refractivity contribution is 7.89. The number of halogens is 4. The predicted octanol–water partition coefficient (Wildman–Crippen LogP) is 2.76. The number of nitrogens with zero attached hydrogens (tertiary/aromatic N) is 2. The van der Waals surface area contributed by atoms with Crippen LogP contribution in [0.4, 0.5) is 28.9 Å². The van der Waals surface area contributed by atoms with Crippen LogP contribution in [0.3, 0.4) is 0 Å². The van der Waals surface area contributed by atoms with Crippen molar-refractivity contribution >= 4 is 32.3 Å². The fourth-order valence-electron chi connectivity index (χ4n) is 4.61. The predicted molar refractivity (Wildman–Crippen MR) is 157 cm³/mol. The Kier molecular flexibility index (Phi) is 11.1. The first-order chi connectivity index (χ1) is 20.5. The third-order valence-electron chi connectivity index (χ3n) is 6.48. The minimum absolute atomic E-state index is 0.0275. The Bertz CT molecular complexity index is 1610. The van der Waals surface area contributed by atoms with Crippen LogP contribution in [0.25, 0.3) is 10.9 Å². The molecule has 16 heteroatoms. The van der Waals surface area contributed by atoms with Crippen molar-refractivity contribution in [2.45, 2.75) is 56.3 Å². The van der Waals surface area contributed by atoms with E-state index in [1.54, 1.807) is 12.1 Å². The van der Waals surface area contributed by atoms with Crippen LogP contribution in [0, 0.1) is 11.8 Å². The summed E-state index contributed by atoms with van der Waals surface area (Å²) in [6.07, 6.45) is -8.87. The third-order valence-corrected chi connectivity index (χ3v) is 7.39. The molecule has 7 N–H and O–H groups in total. The second kappa shape index (κ2) is 14.0. The quantitative estimate of drug-likeness (QED) is 0.123. The second-order valence-corrected chi connectivity index (χ2v) is 11.4. The number of aromatic nitrogens is 1. The molecule has 0 amide bonds. The lowest BCUT2D eigenvalue weighted by molar-refractivity contribution is -0.419.